The molecule has 0 aromatic heterocycles. The van der Waals surface area contributed by atoms with E-state index in [1.807, 2.05) is 30.9 Å². The molecule has 5 nitrogen and oxygen atoms in total. The highest BCUT2D eigenvalue weighted by Crippen LogP contribution is 2.27. The fourth-order valence-corrected chi connectivity index (χ4v) is 3.98. The zero-order valence-electron chi connectivity index (χ0n) is 15.1. The monoisotopic (exact) mass is 344 g/mol. The summed E-state index contributed by atoms with van der Waals surface area (Å²) in [6, 6.07) is 6.09. The predicted molar refractivity (Wildman–Crippen MR) is 96.3 cm³/mol. The lowest BCUT2D eigenvalue weighted by Crippen LogP contribution is -2.51. The van der Waals surface area contributed by atoms with Crippen LogP contribution in [0.3, 0.4) is 0 Å². The average molecular weight is 344 g/mol. The number of amides is 2. The molecular formula is C20H28N2O3. The highest BCUT2D eigenvalue weighted by molar-refractivity contribution is 5.95. The molecular weight excluding hydrogens is 316 g/mol. The molecule has 1 heterocycles. The van der Waals surface area contributed by atoms with Crippen molar-refractivity contribution in [2.75, 3.05) is 19.7 Å². The van der Waals surface area contributed by atoms with Crippen molar-refractivity contribution in [3.05, 3.63) is 34.9 Å². The topological polar surface area (TPSA) is 69.6 Å². The van der Waals surface area contributed by atoms with Crippen LogP contribution >= 0.6 is 0 Å². The molecule has 5 heteroatoms. The number of aliphatic hydroxyl groups is 1. The zero-order chi connectivity index (χ0) is 18.0. The molecule has 1 saturated heterocycles. The van der Waals surface area contributed by atoms with Gasteiger partial charge >= 0.3 is 0 Å². The van der Waals surface area contributed by atoms with E-state index in [9.17, 15) is 9.59 Å². The van der Waals surface area contributed by atoms with Crippen molar-refractivity contribution in [1.82, 2.24) is 10.2 Å². The summed E-state index contributed by atoms with van der Waals surface area (Å²) in [4.78, 5) is 27.1. The van der Waals surface area contributed by atoms with Gasteiger partial charge in [-0.2, -0.15) is 0 Å². The van der Waals surface area contributed by atoms with E-state index < -0.39 is 0 Å². The molecule has 1 unspecified atom stereocenters. The summed E-state index contributed by atoms with van der Waals surface area (Å²) in [6.07, 6.45) is 3.41. The minimum absolute atomic E-state index is 0.0216. The van der Waals surface area contributed by atoms with Gasteiger partial charge in [-0.3, -0.25) is 9.59 Å². The summed E-state index contributed by atoms with van der Waals surface area (Å²) in [5.41, 5.74) is 2.87. The first-order chi connectivity index (χ1) is 12.0. The number of aryl methyl sites for hydroxylation is 2. The minimum Gasteiger partial charge on any atom is -0.396 e. The molecule has 2 amide bonds. The van der Waals surface area contributed by atoms with Crippen molar-refractivity contribution >= 4 is 11.8 Å². The quantitative estimate of drug-likeness (QED) is 0.878. The molecule has 136 valence electrons. The standard InChI is InChI=1S/C20H28N2O3/c1-13-6-14(2)8-17(7-13)20(25)22-5-3-4-16(11-22)19(24)21-18-9-15(10-18)12-23/h6-8,15-16,18,23H,3-5,9-12H2,1-2H3,(H,21,24). The molecule has 1 aromatic rings. The third-order valence-corrected chi connectivity index (χ3v) is 5.39. The molecule has 2 fully saturated rings. The van der Waals surface area contributed by atoms with Gasteiger partial charge in [0, 0.05) is 31.3 Å². The highest BCUT2D eigenvalue weighted by atomic mass is 16.3. The largest absolute Gasteiger partial charge is 0.396 e. The van der Waals surface area contributed by atoms with Crippen LogP contribution in [-0.2, 0) is 4.79 Å². The van der Waals surface area contributed by atoms with E-state index in [-0.39, 0.29) is 30.4 Å². The van der Waals surface area contributed by atoms with E-state index in [4.69, 9.17) is 5.11 Å². The second-order valence-corrected chi connectivity index (χ2v) is 7.69. The number of benzene rings is 1. The number of likely N-dealkylation sites (tertiary alicyclic amines) is 1. The van der Waals surface area contributed by atoms with Gasteiger partial charge in [-0.25, -0.2) is 0 Å². The summed E-state index contributed by atoms with van der Waals surface area (Å²) in [5, 5.41) is 12.2. The van der Waals surface area contributed by atoms with Crippen LogP contribution in [0.25, 0.3) is 0 Å². The fraction of sp³-hybridized carbons (Fsp3) is 0.600. The van der Waals surface area contributed by atoms with Crippen molar-refractivity contribution in [2.24, 2.45) is 11.8 Å². The summed E-state index contributed by atoms with van der Waals surface area (Å²) in [7, 11) is 0. The predicted octanol–water partition coefficient (Wildman–Crippen LogP) is 2.04. The molecule has 3 rings (SSSR count). The first-order valence-electron chi connectivity index (χ1n) is 9.25. The number of hydrogen-bond donors (Lipinski definition) is 2. The minimum atomic E-state index is -0.128. The van der Waals surface area contributed by atoms with Crippen LogP contribution in [0.5, 0.6) is 0 Å². The van der Waals surface area contributed by atoms with E-state index >= 15 is 0 Å². The van der Waals surface area contributed by atoms with Crippen LogP contribution < -0.4 is 5.32 Å². The SMILES string of the molecule is Cc1cc(C)cc(C(=O)N2CCCC(C(=O)NC3CC(CO)C3)C2)c1. The van der Waals surface area contributed by atoms with Crippen molar-refractivity contribution in [3.8, 4) is 0 Å². The third-order valence-electron chi connectivity index (χ3n) is 5.39. The zero-order valence-corrected chi connectivity index (χ0v) is 15.1. The smallest absolute Gasteiger partial charge is 0.253 e. The van der Waals surface area contributed by atoms with Crippen LogP contribution in [0.2, 0.25) is 0 Å². The Balaban J connectivity index is 1.58. The van der Waals surface area contributed by atoms with Gasteiger partial charge in [0.25, 0.3) is 5.91 Å². The number of nitrogens with zero attached hydrogens (tertiary/aromatic N) is 1. The maximum absolute atomic E-state index is 12.8. The molecule has 0 bridgehead atoms. The van der Waals surface area contributed by atoms with E-state index in [2.05, 4.69) is 11.4 Å². The molecule has 0 radical (unpaired) electrons. The lowest BCUT2D eigenvalue weighted by Gasteiger charge is -2.37. The van der Waals surface area contributed by atoms with E-state index in [1.165, 1.54) is 0 Å². The maximum Gasteiger partial charge on any atom is 0.253 e. The summed E-state index contributed by atoms with van der Waals surface area (Å²) in [6.45, 7) is 5.40. The summed E-state index contributed by atoms with van der Waals surface area (Å²) >= 11 is 0. The number of nitrogens with one attached hydrogen (secondary N) is 1. The van der Waals surface area contributed by atoms with Crippen LogP contribution in [-0.4, -0.2) is 47.6 Å². The Labute approximate surface area is 149 Å². The number of hydrogen-bond acceptors (Lipinski definition) is 3. The van der Waals surface area contributed by atoms with Crippen molar-refractivity contribution in [1.29, 1.82) is 0 Å². The van der Waals surface area contributed by atoms with Crippen LogP contribution in [0.4, 0.5) is 0 Å². The number of carbonyl (C=O) groups excluding carboxylic acids is 2. The summed E-state index contributed by atoms with van der Waals surface area (Å²) < 4.78 is 0. The fourth-order valence-electron chi connectivity index (χ4n) is 3.98. The van der Waals surface area contributed by atoms with Gasteiger partial charge in [0.2, 0.25) is 5.91 Å². The third kappa shape index (κ3) is 4.21. The van der Waals surface area contributed by atoms with Crippen LogP contribution in [0.1, 0.15) is 47.2 Å². The molecule has 1 aromatic carbocycles. The lowest BCUT2D eigenvalue weighted by molar-refractivity contribution is -0.128. The first-order valence-corrected chi connectivity index (χ1v) is 9.25. The Kier molecular flexibility index (Phi) is 5.42. The molecule has 25 heavy (non-hydrogen) atoms. The number of carbonyl (C=O) groups is 2. The summed E-state index contributed by atoms with van der Waals surface area (Å²) in [5.74, 6) is 0.281. The number of aliphatic hydroxyl groups excluding tert-OH is 1. The van der Waals surface area contributed by atoms with E-state index in [0.29, 0.717) is 24.6 Å². The van der Waals surface area contributed by atoms with Crippen molar-refractivity contribution in [2.45, 2.75) is 45.6 Å². The Morgan fingerprint density at radius 3 is 2.52 bits per heavy atom. The first kappa shape index (κ1) is 17.9. The van der Waals surface area contributed by atoms with Gasteiger partial charge in [0.05, 0.1) is 5.92 Å². The van der Waals surface area contributed by atoms with Gasteiger partial charge in [-0.05, 0) is 57.6 Å². The molecule has 1 atom stereocenters. The van der Waals surface area contributed by atoms with Crippen molar-refractivity contribution in [3.63, 3.8) is 0 Å². The lowest BCUT2D eigenvalue weighted by atomic mass is 9.80. The normalized spacial score (nSPS) is 26.0. The molecule has 1 aliphatic heterocycles. The van der Waals surface area contributed by atoms with Crippen LogP contribution in [0.15, 0.2) is 18.2 Å². The Bertz CT molecular complexity index is 632. The van der Waals surface area contributed by atoms with Crippen LogP contribution in [0, 0.1) is 25.7 Å². The second kappa shape index (κ2) is 7.56. The van der Waals surface area contributed by atoms with E-state index in [1.54, 1.807) is 0 Å². The Morgan fingerprint density at radius 1 is 1.20 bits per heavy atom. The van der Waals surface area contributed by atoms with Gasteiger partial charge < -0.3 is 15.3 Å². The Hall–Kier alpha value is -1.88. The van der Waals surface area contributed by atoms with Gasteiger partial charge in [0.15, 0.2) is 0 Å². The molecule has 0 spiro atoms. The van der Waals surface area contributed by atoms with Gasteiger partial charge in [-0.1, -0.05) is 17.2 Å². The van der Waals surface area contributed by atoms with Gasteiger partial charge in [0.1, 0.15) is 0 Å². The molecule has 2 N–H and O–H groups in total. The number of piperidine rings is 1. The molecule has 1 saturated carbocycles. The Morgan fingerprint density at radius 2 is 1.88 bits per heavy atom. The molecule has 1 aliphatic carbocycles. The van der Waals surface area contributed by atoms with E-state index in [0.717, 1.165) is 36.8 Å². The van der Waals surface area contributed by atoms with Gasteiger partial charge in [-0.15, -0.1) is 0 Å². The highest BCUT2D eigenvalue weighted by Gasteiger charge is 2.34. The average Bonchev–Trinajstić information content (AvgIpc) is 2.56. The second-order valence-electron chi connectivity index (χ2n) is 7.69. The van der Waals surface area contributed by atoms with Crippen molar-refractivity contribution < 1.29 is 14.7 Å². The maximum atomic E-state index is 12.8. The molecule has 2 aliphatic rings. The number of rotatable bonds is 4.